The van der Waals surface area contributed by atoms with E-state index in [1.165, 1.54) is 0 Å². The summed E-state index contributed by atoms with van der Waals surface area (Å²) in [5, 5.41) is 8.89. The Balaban J connectivity index is 1.72. The largest absolute Gasteiger partial charge is 0.326 e. The van der Waals surface area contributed by atoms with Crippen LogP contribution in [0.1, 0.15) is 24.8 Å². The maximum atomic E-state index is 12.6. The maximum Gasteiger partial charge on any atom is 0.229 e. The Kier molecular flexibility index (Phi) is 3.84. The summed E-state index contributed by atoms with van der Waals surface area (Å²) in [5.41, 5.74) is 1.97. The average Bonchev–Trinajstić information content (AvgIpc) is 3.27. The summed E-state index contributed by atoms with van der Waals surface area (Å²) in [6, 6.07) is 10.0. The molecule has 22 heavy (non-hydrogen) atoms. The summed E-state index contributed by atoms with van der Waals surface area (Å²) in [6.45, 7) is 2.53. The highest BCUT2D eigenvalue weighted by molar-refractivity contribution is 6.00. The molecule has 0 radical (unpaired) electrons. The van der Waals surface area contributed by atoms with Gasteiger partial charge in [0.1, 0.15) is 6.54 Å². The maximum absolute atomic E-state index is 12.6. The van der Waals surface area contributed by atoms with Gasteiger partial charge in [-0.05, 0) is 31.9 Å². The first-order chi connectivity index (χ1) is 10.6. The minimum atomic E-state index is -0.331. The van der Waals surface area contributed by atoms with Crippen LogP contribution in [0.2, 0.25) is 0 Å². The van der Waals surface area contributed by atoms with Crippen molar-refractivity contribution in [2.45, 2.75) is 32.2 Å². The molecule has 0 N–H and O–H groups in total. The van der Waals surface area contributed by atoms with Gasteiger partial charge in [0.2, 0.25) is 11.8 Å². The molecule has 2 aliphatic rings. The summed E-state index contributed by atoms with van der Waals surface area (Å²) in [5.74, 6) is -0.398. The molecule has 0 aromatic heterocycles. The average molecular weight is 297 g/mol. The second-order valence-corrected chi connectivity index (χ2v) is 6.10. The van der Waals surface area contributed by atoms with E-state index >= 15 is 0 Å². The van der Waals surface area contributed by atoms with Crippen molar-refractivity contribution in [1.82, 2.24) is 4.90 Å². The summed E-state index contributed by atoms with van der Waals surface area (Å²) >= 11 is 0. The van der Waals surface area contributed by atoms with Gasteiger partial charge in [-0.25, -0.2) is 0 Å². The summed E-state index contributed by atoms with van der Waals surface area (Å²) in [6.07, 6.45) is 2.17. The van der Waals surface area contributed by atoms with Crippen LogP contribution in [0.5, 0.6) is 0 Å². The molecule has 2 fully saturated rings. The van der Waals surface area contributed by atoms with Crippen molar-refractivity contribution in [3.63, 3.8) is 0 Å². The van der Waals surface area contributed by atoms with Crippen LogP contribution in [0.25, 0.3) is 0 Å². The van der Waals surface area contributed by atoms with Gasteiger partial charge < -0.3 is 9.80 Å². The lowest BCUT2D eigenvalue weighted by Gasteiger charge is -2.23. The van der Waals surface area contributed by atoms with Crippen LogP contribution in [-0.2, 0) is 9.59 Å². The molecule has 1 aromatic carbocycles. The molecule has 1 saturated heterocycles. The molecule has 2 amide bonds. The van der Waals surface area contributed by atoms with Gasteiger partial charge in [-0.2, -0.15) is 5.26 Å². The summed E-state index contributed by atoms with van der Waals surface area (Å²) in [7, 11) is 0. The van der Waals surface area contributed by atoms with Gasteiger partial charge in [0.25, 0.3) is 0 Å². The predicted octanol–water partition coefficient (Wildman–Crippen LogP) is 1.86. The van der Waals surface area contributed by atoms with Crippen LogP contribution in [0.4, 0.5) is 5.69 Å². The van der Waals surface area contributed by atoms with Gasteiger partial charge in [-0.1, -0.05) is 17.7 Å². The first-order valence-electron chi connectivity index (χ1n) is 7.64. The molecule has 1 heterocycles. The third-order valence-electron chi connectivity index (χ3n) is 4.33. The summed E-state index contributed by atoms with van der Waals surface area (Å²) < 4.78 is 0. The summed E-state index contributed by atoms with van der Waals surface area (Å²) in [4.78, 5) is 28.1. The van der Waals surface area contributed by atoms with Gasteiger partial charge in [0.05, 0.1) is 12.0 Å². The minimum Gasteiger partial charge on any atom is -0.326 e. The number of benzene rings is 1. The molecule has 0 bridgehead atoms. The number of anilines is 1. The zero-order valence-electron chi connectivity index (χ0n) is 12.7. The first kappa shape index (κ1) is 14.6. The second kappa shape index (κ2) is 5.80. The van der Waals surface area contributed by atoms with Gasteiger partial charge in [0.15, 0.2) is 0 Å². The number of rotatable bonds is 4. The third-order valence-corrected chi connectivity index (χ3v) is 4.33. The molecule has 5 heteroatoms. The van der Waals surface area contributed by atoms with Gasteiger partial charge in [-0.15, -0.1) is 0 Å². The van der Waals surface area contributed by atoms with E-state index in [9.17, 15) is 9.59 Å². The fourth-order valence-corrected chi connectivity index (χ4v) is 2.93. The molecule has 1 atom stereocenters. The Bertz CT molecular complexity index is 628. The zero-order chi connectivity index (χ0) is 15.7. The van der Waals surface area contributed by atoms with Gasteiger partial charge in [-0.3, -0.25) is 9.59 Å². The SMILES string of the molecule is Cc1ccc(N2C[C@H](C(=O)N(CC#N)C3CC3)CC2=O)cc1. The van der Waals surface area contributed by atoms with Crippen molar-refractivity contribution in [3.8, 4) is 6.07 Å². The Hall–Kier alpha value is -2.35. The van der Waals surface area contributed by atoms with Crippen molar-refractivity contribution in [2.75, 3.05) is 18.0 Å². The van der Waals surface area contributed by atoms with Crippen LogP contribution in [-0.4, -0.2) is 35.8 Å². The number of carbonyl (C=O) groups is 2. The van der Waals surface area contributed by atoms with E-state index < -0.39 is 0 Å². The van der Waals surface area contributed by atoms with Crippen LogP contribution >= 0.6 is 0 Å². The monoisotopic (exact) mass is 297 g/mol. The van der Waals surface area contributed by atoms with E-state index in [0.717, 1.165) is 24.1 Å². The van der Waals surface area contributed by atoms with E-state index in [-0.39, 0.29) is 36.7 Å². The molecular weight excluding hydrogens is 278 g/mol. The molecule has 114 valence electrons. The van der Waals surface area contributed by atoms with Crippen molar-refractivity contribution < 1.29 is 9.59 Å². The van der Waals surface area contributed by atoms with Crippen LogP contribution < -0.4 is 4.90 Å². The number of carbonyl (C=O) groups excluding carboxylic acids is 2. The van der Waals surface area contributed by atoms with E-state index in [4.69, 9.17) is 5.26 Å². The fraction of sp³-hybridized carbons (Fsp3) is 0.471. The molecule has 1 aromatic rings. The normalized spacial score (nSPS) is 20.8. The molecule has 1 saturated carbocycles. The number of nitriles is 1. The highest BCUT2D eigenvalue weighted by atomic mass is 16.2. The highest BCUT2D eigenvalue weighted by Gasteiger charge is 2.41. The van der Waals surface area contributed by atoms with Crippen molar-refractivity contribution in [2.24, 2.45) is 5.92 Å². The van der Waals surface area contributed by atoms with Crippen LogP contribution in [0.15, 0.2) is 24.3 Å². The van der Waals surface area contributed by atoms with E-state index in [0.29, 0.717) is 6.54 Å². The Morgan fingerprint density at radius 3 is 2.64 bits per heavy atom. The predicted molar refractivity (Wildman–Crippen MR) is 82.0 cm³/mol. The number of hydrogen-bond donors (Lipinski definition) is 0. The Morgan fingerprint density at radius 1 is 1.36 bits per heavy atom. The first-order valence-corrected chi connectivity index (χ1v) is 7.64. The molecular formula is C17H19N3O2. The molecule has 0 spiro atoms. The molecule has 3 rings (SSSR count). The number of hydrogen-bond acceptors (Lipinski definition) is 3. The van der Waals surface area contributed by atoms with E-state index in [2.05, 4.69) is 6.07 Å². The van der Waals surface area contributed by atoms with Crippen molar-refractivity contribution >= 4 is 17.5 Å². The number of nitrogens with zero attached hydrogens (tertiary/aromatic N) is 3. The smallest absolute Gasteiger partial charge is 0.229 e. The molecule has 5 nitrogen and oxygen atoms in total. The van der Waals surface area contributed by atoms with Crippen molar-refractivity contribution in [3.05, 3.63) is 29.8 Å². The Morgan fingerprint density at radius 2 is 2.05 bits per heavy atom. The number of aryl methyl sites for hydroxylation is 1. The van der Waals surface area contributed by atoms with Crippen LogP contribution in [0, 0.1) is 24.2 Å². The molecule has 0 unspecified atom stereocenters. The third kappa shape index (κ3) is 2.82. The fourth-order valence-electron chi connectivity index (χ4n) is 2.93. The van der Waals surface area contributed by atoms with E-state index in [1.54, 1.807) is 9.80 Å². The lowest BCUT2D eigenvalue weighted by Crippen LogP contribution is -2.39. The topological polar surface area (TPSA) is 64.4 Å². The van der Waals surface area contributed by atoms with Gasteiger partial charge in [0, 0.05) is 24.7 Å². The molecule has 1 aliphatic carbocycles. The van der Waals surface area contributed by atoms with Crippen LogP contribution in [0.3, 0.4) is 0 Å². The standard InChI is InChI=1S/C17H19N3O2/c1-12-2-4-15(5-3-12)20-11-13(10-16(20)21)17(22)19(9-8-18)14-6-7-14/h2-5,13-14H,6-7,9-11H2,1H3/t13-/m1/s1. The molecule has 1 aliphatic heterocycles. The lowest BCUT2D eigenvalue weighted by atomic mass is 10.1. The van der Waals surface area contributed by atoms with Crippen molar-refractivity contribution in [1.29, 1.82) is 5.26 Å². The highest BCUT2D eigenvalue weighted by Crippen LogP contribution is 2.31. The lowest BCUT2D eigenvalue weighted by molar-refractivity contribution is -0.135. The van der Waals surface area contributed by atoms with E-state index in [1.807, 2.05) is 31.2 Å². The minimum absolute atomic E-state index is 0.0186. The number of amides is 2. The second-order valence-electron chi connectivity index (χ2n) is 6.10. The van der Waals surface area contributed by atoms with Gasteiger partial charge >= 0.3 is 0 Å². The zero-order valence-corrected chi connectivity index (χ0v) is 12.7. The quantitative estimate of drug-likeness (QED) is 0.797. The Labute approximate surface area is 130 Å².